The van der Waals surface area contributed by atoms with Crippen molar-refractivity contribution in [3.8, 4) is 0 Å². The zero-order valence-electron chi connectivity index (χ0n) is 15.9. The summed E-state index contributed by atoms with van der Waals surface area (Å²) >= 11 is 0. The highest BCUT2D eigenvalue weighted by atomic mass is 19.1. The van der Waals surface area contributed by atoms with Gasteiger partial charge in [0.1, 0.15) is 11.5 Å². The third-order valence-corrected chi connectivity index (χ3v) is 4.49. The maximum Gasteiger partial charge on any atom is 0.322 e. The molecule has 0 spiro atoms. The van der Waals surface area contributed by atoms with Crippen molar-refractivity contribution < 1.29 is 14.1 Å². The minimum atomic E-state index is -0.661. The van der Waals surface area contributed by atoms with E-state index >= 15 is 0 Å². The molecule has 0 aliphatic rings. The second kappa shape index (κ2) is 7.22. The highest BCUT2D eigenvalue weighted by Gasteiger charge is 2.30. The molecular weight excluding hydrogens is 367 g/mol. The van der Waals surface area contributed by atoms with Crippen LogP contribution in [0.5, 0.6) is 0 Å². The number of amides is 1. The first-order chi connectivity index (χ1) is 13.2. The summed E-state index contributed by atoms with van der Waals surface area (Å²) in [7, 11) is 1.47. The van der Waals surface area contributed by atoms with Crippen LogP contribution in [0, 0.1) is 36.7 Å². The molecule has 1 amide bonds. The molecule has 0 saturated heterocycles. The van der Waals surface area contributed by atoms with E-state index in [9.17, 15) is 19.3 Å². The summed E-state index contributed by atoms with van der Waals surface area (Å²) < 4.78 is 16.7. The Morgan fingerprint density at radius 3 is 2.54 bits per heavy atom. The molecule has 1 N–H and O–H groups in total. The van der Waals surface area contributed by atoms with E-state index in [0.29, 0.717) is 22.6 Å². The zero-order valence-corrected chi connectivity index (χ0v) is 15.9. The molecule has 28 heavy (non-hydrogen) atoms. The Kier molecular flexibility index (Phi) is 4.95. The van der Waals surface area contributed by atoms with Gasteiger partial charge in [-0.25, -0.2) is 4.39 Å². The van der Waals surface area contributed by atoms with Crippen LogP contribution in [-0.4, -0.2) is 30.4 Å². The van der Waals surface area contributed by atoms with Gasteiger partial charge >= 0.3 is 5.69 Å². The number of hydrogen-bond donors (Lipinski definition) is 1. The number of hydrogen-bond acceptors (Lipinski definition) is 5. The lowest BCUT2D eigenvalue weighted by molar-refractivity contribution is -0.385. The van der Waals surface area contributed by atoms with Gasteiger partial charge in [0.25, 0.3) is 5.91 Å². The van der Waals surface area contributed by atoms with Crippen molar-refractivity contribution in [1.82, 2.24) is 19.6 Å². The van der Waals surface area contributed by atoms with Crippen LogP contribution in [0.15, 0.2) is 24.3 Å². The Balaban J connectivity index is 1.92. The van der Waals surface area contributed by atoms with Crippen molar-refractivity contribution in [1.29, 1.82) is 0 Å². The van der Waals surface area contributed by atoms with Gasteiger partial charge in [-0.3, -0.25) is 24.3 Å². The van der Waals surface area contributed by atoms with Crippen LogP contribution in [0.4, 0.5) is 15.8 Å². The number of halogens is 1. The summed E-state index contributed by atoms with van der Waals surface area (Å²) in [4.78, 5) is 23.4. The van der Waals surface area contributed by atoms with Crippen molar-refractivity contribution >= 4 is 17.3 Å². The van der Waals surface area contributed by atoms with E-state index in [2.05, 4.69) is 15.5 Å². The maximum absolute atomic E-state index is 13.9. The van der Waals surface area contributed by atoms with E-state index in [1.54, 1.807) is 36.7 Å². The lowest BCUT2D eigenvalue weighted by Gasteiger charge is -2.08. The third kappa shape index (κ3) is 3.36. The molecule has 0 bridgehead atoms. The third-order valence-electron chi connectivity index (χ3n) is 4.49. The molecule has 0 aliphatic carbocycles. The Bertz CT molecular complexity index is 1090. The van der Waals surface area contributed by atoms with Gasteiger partial charge in [-0.1, -0.05) is 18.2 Å². The SMILES string of the molecule is Cc1nn(Cc2ccccc2F)c(C)c1NC(=O)c1c([N+](=O)[O-])c(C)nn1C. The molecule has 0 radical (unpaired) electrons. The van der Waals surface area contributed by atoms with E-state index in [1.165, 1.54) is 24.7 Å². The molecule has 10 heteroatoms. The minimum absolute atomic E-state index is 0.150. The largest absolute Gasteiger partial charge is 0.322 e. The number of nitrogens with zero attached hydrogens (tertiary/aromatic N) is 5. The molecule has 3 aromatic rings. The number of anilines is 1. The number of carbonyl (C=O) groups is 1. The van der Waals surface area contributed by atoms with Gasteiger partial charge < -0.3 is 5.32 Å². The first-order valence-electron chi connectivity index (χ1n) is 8.47. The number of aromatic nitrogens is 4. The summed E-state index contributed by atoms with van der Waals surface area (Å²) in [5.74, 6) is -1.01. The number of carbonyl (C=O) groups excluding carboxylic acids is 1. The number of aryl methyl sites for hydroxylation is 3. The molecule has 0 unspecified atom stereocenters. The van der Waals surface area contributed by atoms with Crippen LogP contribution in [-0.2, 0) is 13.6 Å². The molecule has 2 heterocycles. The summed E-state index contributed by atoms with van der Waals surface area (Å²) in [5, 5.41) is 22.3. The van der Waals surface area contributed by atoms with Gasteiger partial charge in [-0.05, 0) is 26.8 Å². The van der Waals surface area contributed by atoms with E-state index in [0.717, 1.165) is 0 Å². The Morgan fingerprint density at radius 2 is 1.89 bits per heavy atom. The maximum atomic E-state index is 13.9. The zero-order chi connectivity index (χ0) is 20.6. The summed E-state index contributed by atoms with van der Waals surface area (Å²) in [6.45, 7) is 5.10. The van der Waals surface area contributed by atoms with Crippen molar-refractivity contribution in [3.63, 3.8) is 0 Å². The Labute approximate surface area is 159 Å². The number of nitrogens with one attached hydrogen (secondary N) is 1. The fourth-order valence-corrected chi connectivity index (χ4v) is 3.11. The van der Waals surface area contributed by atoms with E-state index in [4.69, 9.17) is 0 Å². The van der Waals surface area contributed by atoms with Crippen LogP contribution in [0.2, 0.25) is 0 Å². The first kappa shape index (κ1) is 19.2. The van der Waals surface area contributed by atoms with Crippen molar-refractivity contribution in [2.45, 2.75) is 27.3 Å². The van der Waals surface area contributed by atoms with Crippen molar-refractivity contribution in [2.24, 2.45) is 7.05 Å². The minimum Gasteiger partial charge on any atom is -0.317 e. The summed E-state index contributed by atoms with van der Waals surface area (Å²) in [5.41, 5.74) is 1.68. The Hall–Kier alpha value is -3.56. The van der Waals surface area contributed by atoms with Crippen molar-refractivity contribution in [3.05, 3.63) is 68.5 Å². The van der Waals surface area contributed by atoms with E-state index in [-0.39, 0.29) is 29.4 Å². The predicted octanol–water partition coefficient (Wildman–Crippen LogP) is 2.89. The standard InChI is InChI=1S/C18H19FN6O3/c1-10-15(12(3)24(22-10)9-13-7-5-6-8-14(13)19)20-18(26)17-16(25(27)28)11(2)21-23(17)4/h5-8H,9H2,1-4H3,(H,20,26). The fourth-order valence-electron chi connectivity index (χ4n) is 3.11. The Morgan fingerprint density at radius 1 is 1.21 bits per heavy atom. The van der Waals surface area contributed by atoms with Crippen LogP contribution in [0.25, 0.3) is 0 Å². The second-order valence-corrected chi connectivity index (χ2v) is 6.41. The molecule has 0 fully saturated rings. The summed E-state index contributed by atoms with van der Waals surface area (Å²) in [6, 6.07) is 6.37. The molecule has 0 aliphatic heterocycles. The van der Waals surface area contributed by atoms with E-state index in [1.807, 2.05) is 0 Å². The average molecular weight is 386 g/mol. The molecule has 146 valence electrons. The fraction of sp³-hybridized carbons (Fsp3) is 0.278. The van der Waals surface area contributed by atoms with Gasteiger partial charge in [0.2, 0.25) is 5.69 Å². The molecular formula is C18H19FN6O3. The quantitative estimate of drug-likeness (QED) is 0.536. The molecule has 0 saturated carbocycles. The molecule has 1 aromatic carbocycles. The molecule has 0 atom stereocenters. The van der Waals surface area contributed by atoms with Gasteiger partial charge in [-0.15, -0.1) is 0 Å². The number of nitro groups is 1. The lowest BCUT2D eigenvalue weighted by Crippen LogP contribution is -2.18. The number of rotatable bonds is 5. The van der Waals surface area contributed by atoms with Crippen LogP contribution >= 0.6 is 0 Å². The monoisotopic (exact) mass is 386 g/mol. The first-order valence-corrected chi connectivity index (χ1v) is 8.47. The average Bonchev–Trinajstić information content (AvgIpc) is 3.06. The molecule has 9 nitrogen and oxygen atoms in total. The van der Waals surface area contributed by atoms with E-state index < -0.39 is 10.8 Å². The van der Waals surface area contributed by atoms with Crippen LogP contribution < -0.4 is 5.32 Å². The smallest absolute Gasteiger partial charge is 0.317 e. The van der Waals surface area contributed by atoms with Crippen LogP contribution in [0.3, 0.4) is 0 Å². The van der Waals surface area contributed by atoms with Crippen LogP contribution in [0.1, 0.15) is 33.1 Å². The highest BCUT2D eigenvalue weighted by Crippen LogP contribution is 2.26. The van der Waals surface area contributed by atoms with Gasteiger partial charge in [-0.2, -0.15) is 10.2 Å². The highest BCUT2D eigenvalue weighted by molar-refractivity contribution is 6.06. The number of benzene rings is 1. The normalized spacial score (nSPS) is 10.9. The van der Waals surface area contributed by atoms with Crippen molar-refractivity contribution in [2.75, 3.05) is 5.32 Å². The van der Waals surface area contributed by atoms with Gasteiger partial charge in [0.05, 0.1) is 28.5 Å². The molecule has 3 rings (SSSR count). The second-order valence-electron chi connectivity index (χ2n) is 6.41. The predicted molar refractivity (Wildman–Crippen MR) is 99.8 cm³/mol. The lowest BCUT2D eigenvalue weighted by atomic mass is 10.2. The topological polar surface area (TPSA) is 108 Å². The van der Waals surface area contributed by atoms with Gasteiger partial charge in [0, 0.05) is 12.6 Å². The summed E-state index contributed by atoms with van der Waals surface area (Å²) in [6.07, 6.45) is 0. The molecule has 2 aromatic heterocycles. The van der Waals surface area contributed by atoms with Gasteiger partial charge in [0.15, 0.2) is 0 Å².